The van der Waals surface area contributed by atoms with Gasteiger partial charge in [-0.25, -0.2) is 0 Å². The summed E-state index contributed by atoms with van der Waals surface area (Å²) in [6.07, 6.45) is 3.66. The summed E-state index contributed by atoms with van der Waals surface area (Å²) in [5, 5.41) is 10.1. The minimum atomic E-state index is -0.0355. The standard InChI is InChI=1S/C9H14N4OS.ClH/c1-13-4-7(3-12-13)2-10-9(14)8-5-15-6-11-8;/h3-4,8,11H,2,5-6H2,1H3,(H,10,14);1H/t8-;/m1./s1. The third-order valence-electron chi connectivity index (χ3n) is 2.26. The number of aromatic nitrogens is 2. The minimum absolute atomic E-state index is 0. The number of rotatable bonds is 3. The summed E-state index contributed by atoms with van der Waals surface area (Å²) in [5.74, 6) is 1.80. The molecule has 0 aliphatic carbocycles. The molecule has 1 aliphatic rings. The molecule has 2 heterocycles. The molecule has 1 amide bonds. The van der Waals surface area contributed by atoms with Crippen LogP contribution in [0.25, 0.3) is 0 Å². The largest absolute Gasteiger partial charge is 0.351 e. The van der Waals surface area contributed by atoms with Gasteiger partial charge in [0.15, 0.2) is 0 Å². The summed E-state index contributed by atoms with van der Waals surface area (Å²) in [6, 6.07) is -0.0355. The zero-order valence-corrected chi connectivity index (χ0v) is 10.6. The van der Waals surface area contributed by atoms with E-state index in [-0.39, 0.29) is 24.4 Å². The predicted octanol–water partition coefficient (Wildman–Crippen LogP) is 0.121. The fourth-order valence-electron chi connectivity index (χ4n) is 1.44. The lowest BCUT2D eigenvalue weighted by molar-refractivity contribution is -0.122. The van der Waals surface area contributed by atoms with Gasteiger partial charge < -0.3 is 5.32 Å². The third-order valence-corrected chi connectivity index (χ3v) is 3.20. The average molecular weight is 263 g/mol. The van der Waals surface area contributed by atoms with Crippen LogP contribution in [0.1, 0.15) is 5.56 Å². The molecule has 0 saturated carbocycles. The number of halogens is 1. The molecule has 0 bridgehead atoms. The monoisotopic (exact) mass is 262 g/mol. The van der Waals surface area contributed by atoms with E-state index in [1.165, 1.54) is 0 Å². The van der Waals surface area contributed by atoms with Gasteiger partial charge in [0, 0.05) is 37.0 Å². The summed E-state index contributed by atoms with van der Waals surface area (Å²) in [4.78, 5) is 11.6. The number of thioether (sulfide) groups is 1. The Morgan fingerprint density at radius 1 is 1.81 bits per heavy atom. The number of carbonyl (C=O) groups is 1. The maximum atomic E-state index is 11.6. The maximum absolute atomic E-state index is 11.6. The molecule has 2 rings (SSSR count). The molecule has 0 unspecified atom stereocenters. The molecule has 0 radical (unpaired) electrons. The van der Waals surface area contributed by atoms with Crippen molar-refractivity contribution >= 4 is 30.1 Å². The first-order chi connectivity index (χ1) is 7.25. The Labute approximate surface area is 105 Å². The van der Waals surface area contributed by atoms with Gasteiger partial charge in [0.2, 0.25) is 5.91 Å². The molecule has 0 spiro atoms. The smallest absolute Gasteiger partial charge is 0.238 e. The number of nitrogens with one attached hydrogen (secondary N) is 2. The van der Waals surface area contributed by atoms with Crippen LogP contribution < -0.4 is 10.6 Å². The number of aryl methyl sites for hydroxylation is 1. The normalized spacial score (nSPS) is 19.2. The summed E-state index contributed by atoms with van der Waals surface area (Å²) < 4.78 is 1.73. The van der Waals surface area contributed by atoms with Crippen molar-refractivity contribution in [2.45, 2.75) is 12.6 Å². The van der Waals surface area contributed by atoms with E-state index in [0.29, 0.717) is 6.54 Å². The Balaban J connectivity index is 0.00000128. The van der Waals surface area contributed by atoms with E-state index in [1.807, 2.05) is 13.2 Å². The Morgan fingerprint density at radius 3 is 3.19 bits per heavy atom. The predicted molar refractivity (Wildman–Crippen MR) is 66.6 cm³/mol. The summed E-state index contributed by atoms with van der Waals surface area (Å²) in [7, 11) is 1.86. The molecule has 1 aliphatic heterocycles. The van der Waals surface area contributed by atoms with E-state index in [4.69, 9.17) is 0 Å². The molecular weight excluding hydrogens is 248 g/mol. The lowest BCUT2D eigenvalue weighted by Gasteiger charge is -2.09. The van der Waals surface area contributed by atoms with Gasteiger partial charge in [-0.15, -0.1) is 24.2 Å². The second-order valence-corrected chi connectivity index (χ2v) is 4.54. The lowest BCUT2D eigenvalue weighted by atomic mass is 10.3. The van der Waals surface area contributed by atoms with Crippen LogP contribution >= 0.6 is 24.2 Å². The highest BCUT2D eigenvalue weighted by atomic mass is 35.5. The number of hydrogen-bond donors (Lipinski definition) is 2. The lowest BCUT2D eigenvalue weighted by Crippen LogP contribution is -2.41. The van der Waals surface area contributed by atoms with Crippen molar-refractivity contribution < 1.29 is 4.79 Å². The molecule has 1 aromatic rings. The van der Waals surface area contributed by atoms with Crippen molar-refractivity contribution in [1.82, 2.24) is 20.4 Å². The molecule has 90 valence electrons. The second-order valence-electron chi connectivity index (χ2n) is 3.51. The van der Waals surface area contributed by atoms with Crippen LogP contribution in [0.5, 0.6) is 0 Å². The third kappa shape index (κ3) is 3.40. The van der Waals surface area contributed by atoms with Crippen LogP contribution in [0.15, 0.2) is 12.4 Å². The Hall–Kier alpha value is -0.720. The van der Waals surface area contributed by atoms with E-state index < -0.39 is 0 Å². The zero-order valence-electron chi connectivity index (χ0n) is 8.97. The Kier molecular flexibility index (Phi) is 5.11. The van der Waals surface area contributed by atoms with Crippen LogP contribution in [0.3, 0.4) is 0 Å². The first kappa shape index (κ1) is 13.3. The highest BCUT2D eigenvalue weighted by molar-refractivity contribution is 7.99. The van der Waals surface area contributed by atoms with Crippen molar-refractivity contribution in [2.24, 2.45) is 7.05 Å². The van der Waals surface area contributed by atoms with E-state index in [0.717, 1.165) is 17.2 Å². The fourth-order valence-corrected chi connectivity index (χ4v) is 2.38. The van der Waals surface area contributed by atoms with Gasteiger partial charge in [-0.1, -0.05) is 0 Å². The van der Waals surface area contributed by atoms with Crippen LogP contribution in [0.2, 0.25) is 0 Å². The quantitative estimate of drug-likeness (QED) is 0.813. The van der Waals surface area contributed by atoms with E-state index in [1.54, 1.807) is 22.6 Å². The molecule has 7 heteroatoms. The SMILES string of the molecule is Cl.Cn1cc(CNC(=O)[C@H]2CSCN2)cn1. The molecule has 1 aromatic heterocycles. The minimum Gasteiger partial charge on any atom is -0.351 e. The van der Waals surface area contributed by atoms with Gasteiger partial charge in [-0.2, -0.15) is 5.10 Å². The van der Waals surface area contributed by atoms with Crippen molar-refractivity contribution in [1.29, 1.82) is 0 Å². The van der Waals surface area contributed by atoms with E-state index in [2.05, 4.69) is 15.7 Å². The first-order valence-electron chi connectivity index (χ1n) is 4.82. The maximum Gasteiger partial charge on any atom is 0.238 e. The molecular formula is C9H15ClN4OS. The molecule has 0 aromatic carbocycles. The van der Waals surface area contributed by atoms with Crippen molar-refractivity contribution in [3.05, 3.63) is 18.0 Å². The second kappa shape index (κ2) is 6.12. The molecule has 2 N–H and O–H groups in total. The number of carbonyl (C=O) groups excluding carboxylic acids is 1. The summed E-state index contributed by atoms with van der Waals surface area (Å²) in [5.41, 5.74) is 1.02. The Morgan fingerprint density at radius 2 is 2.62 bits per heavy atom. The molecule has 1 saturated heterocycles. The summed E-state index contributed by atoms with van der Waals surface area (Å²) >= 11 is 1.75. The van der Waals surface area contributed by atoms with Crippen LogP contribution in [-0.2, 0) is 18.4 Å². The van der Waals surface area contributed by atoms with Gasteiger partial charge in [-0.05, 0) is 0 Å². The number of hydrogen-bond acceptors (Lipinski definition) is 4. The van der Waals surface area contributed by atoms with Gasteiger partial charge in [0.05, 0.1) is 12.2 Å². The Bertz CT molecular complexity index is 351. The van der Waals surface area contributed by atoms with E-state index in [9.17, 15) is 4.79 Å². The highest BCUT2D eigenvalue weighted by Crippen LogP contribution is 2.09. The van der Waals surface area contributed by atoms with Gasteiger partial charge >= 0.3 is 0 Å². The van der Waals surface area contributed by atoms with Crippen LogP contribution in [-0.4, -0.2) is 33.4 Å². The van der Waals surface area contributed by atoms with Crippen molar-refractivity contribution in [2.75, 3.05) is 11.6 Å². The first-order valence-corrected chi connectivity index (χ1v) is 5.97. The molecule has 5 nitrogen and oxygen atoms in total. The molecule has 1 atom stereocenters. The van der Waals surface area contributed by atoms with Gasteiger partial charge in [-0.3, -0.25) is 14.8 Å². The van der Waals surface area contributed by atoms with E-state index >= 15 is 0 Å². The van der Waals surface area contributed by atoms with Crippen molar-refractivity contribution in [3.63, 3.8) is 0 Å². The van der Waals surface area contributed by atoms with Crippen LogP contribution in [0.4, 0.5) is 0 Å². The summed E-state index contributed by atoms with van der Waals surface area (Å²) in [6.45, 7) is 0.551. The van der Waals surface area contributed by atoms with Gasteiger partial charge in [0.25, 0.3) is 0 Å². The number of nitrogens with zero attached hydrogens (tertiary/aromatic N) is 2. The fraction of sp³-hybridized carbons (Fsp3) is 0.556. The molecule has 1 fully saturated rings. The van der Waals surface area contributed by atoms with Gasteiger partial charge in [0.1, 0.15) is 0 Å². The topological polar surface area (TPSA) is 59.0 Å². The van der Waals surface area contributed by atoms with Crippen molar-refractivity contribution in [3.8, 4) is 0 Å². The average Bonchev–Trinajstić information content (AvgIpc) is 2.84. The highest BCUT2D eigenvalue weighted by Gasteiger charge is 2.21. The van der Waals surface area contributed by atoms with Crippen LogP contribution in [0, 0.1) is 0 Å². The zero-order chi connectivity index (χ0) is 10.7. The molecule has 16 heavy (non-hydrogen) atoms. The number of amides is 1.